The molecule has 7 nitrogen and oxygen atoms in total. The lowest BCUT2D eigenvalue weighted by Crippen LogP contribution is -2.30. The number of halogens is 1. The monoisotopic (exact) mass is 420 g/mol. The second-order valence-corrected chi connectivity index (χ2v) is 7.04. The van der Waals surface area contributed by atoms with Gasteiger partial charge in [0.15, 0.2) is 0 Å². The summed E-state index contributed by atoms with van der Waals surface area (Å²) in [4.78, 5) is 37.0. The number of imide groups is 1. The van der Waals surface area contributed by atoms with Gasteiger partial charge in [-0.3, -0.25) is 9.69 Å². The lowest BCUT2D eigenvalue weighted by atomic mass is 10.0. The molecule has 2 N–H and O–H groups in total. The number of hydrogen-bond acceptors (Lipinski definition) is 4. The molecule has 1 aromatic heterocycles. The first-order chi connectivity index (χ1) is 14.8. The van der Waals surface area contributed by atoms with E-state index in [9.17, 15) is 18.8 Å². The number of aromatic carboxylic acids is 1. The predicted octanol–water partition coefficient (Wildman–Crippen LogP) is 4.19. The van der Waals surface area contributed by atoms with Gasteiger partial charge in [0.25, 0.3) is 5.91 Å². The molecule has 1 aliphatic heterocycles. The van der Waals surface area contributed by atoms with Gasteiger partial charge >= 0.3 is 12.0 Å². The third-order valence-corrected chi connectivity index (χ3v) is 4.87. The highest BCUT2D eigenvalue weighted by Gasteiger charge is 2.33. The Hall–Kier alpha value is -4.20. The Balaban J connectivity index is 1.54. The van der Waals surface area contributed by atoms with Crippen LogP contribution in [0.1, 0.15) is 27.2 Å². The molecule has 3 aromatic rings. The number of carboxylic acid groups (broad SMARTS) is 1. The van der Waals surface area contributed by atoms with E-state index in [-0.39, 0.29) is 17.8 Å². The highest BCUT2D eigenvalue weighted by atomic mass is 19.1. The van der Waals surface area contributed by atoms with Crippen molar-refractivity contribution in [3.8, 4) is 11.3 Å². The summed E-state index contributed by atoms with van der Waals surface area (Å²) in [5, 5.41) is 11.6. The molecule has 2 aromatic carbocycles. The number of rotatable bonds is 5. The minimum atomic E-state index is -1.01. The van der Waals surface area contributed by atoms with Gasteiger partial charge in [-0.1, -0.05) is 18.2 Å². The number of carbonyl (C=O) groups excluding carboxylic acids is 2. The van der Waals surface area contributed by atoms with Gasteiger partial charge in [-0.15, -0.1) is 0 Å². The van der Waals surface area contributed by atoms with Crippen molar-refractivity contribution in [1.29, 1.82) is 0 Å². The van der Waals surface area contributed by atoms with Crippen molar-refractivity contribution in [2.24, 2.45) is 0 Å². The molecule has 1 fully saturated rings. The van der Waals surface area contributed by atoms with Crippen LogP contribution in [0.15, 0.2) is 64.7 Å². The van der Waals surface area contributed by atoms with Crippen LogP contribution < -0.4 is 5.32 Å². The van der Waals surface area contributed by atoms with Crippen molar-refractivity contribution in [2.45, 2.75) is 13.5 Å². The van der Waals surface area contributed by atoms with Gasteiger partial charge in [-0.2, -0.15) is 0 Å². The van der Waals surface area contributed by atoms with E-state index in [2.05, 4.69) is 5.32 Å². The SMILES string of the molecule is Cc1cc(C(=O)O)ccc1-c1ccc(C=C2NC(=O)N(Cc3ccc(F)cc3)C2=O)o1. The second kappa shape index (κ2) is 7.91. The van der Waals surface area contributed by atoms with Crippen LogP contribution in [0.3, 0.4) is 0 Å². The molecule has 0 radical (unpaired) electrons. The Kier molecular flexibility index (Phi) is 5.12. The summed E-state index contributed by atoms with van der Waals surface area (Å²) in [6.45, 7) is 1.79. The summed E-state index contributed by atoms with van der Waals surface area (Å²) >= 11 is 0. The van der Waals surface area contributed by atoms with Gasteiger partial charge in [0, 0.05) is 11.6 Å². The van der Waals surface area contributed by atoms with Gasteiger partial charge < -0.3 is 14.8 Å². The van der Waals surface area contributed by atoms with Gasteiger partial charge in [-0.05, 0) is 54.4 Å². The standard InChI is InChI=1S/C23H17FN2O5/c1-13-10-15(22(28)29)4-8-18(13)20-9-7-17(31-20)11-19-21(27)26(23(30)25-19)12-14-2-5-16(24)6-3-14/h2-11H,12H2,1H3,(H,25,30)(H,28,29). The molecule has 8 heteroatoms. The Morgan fingerprint density at radius 1 is 1.13 bits per heavy atom. The van der Waals surface area contributed by atoms with E-state index in [4.69, 9.17) is 9.52 Å². The predicted molar refractivity (Wildman–Crippen MR) is 109 cm³/mol. The Morgan fingerprint density at radius 2 is 1.87 bits per heavy atom. The summed E-state index contributed by atoms with van der Waals surface area (Å²) in [6, 6.07) is 13.0. The van der Waals surface area contributed by atoms with Crippen LogP contribution in [0, 0.1) is 12.7 Å². The first kappa shape index (κ1) is 20.1. The topological polar surface area (TPSA) is 99.9 Å². The van der Waals surface area contributed by atoms with E-state index < -0.39 is 23.7 Å². The Labute approximate surface area is 176 Å². The highest BCUT2D eigenvalue weighted by Crippen LogP contribution is 2.28. The molecule has 1 aliphatic rings. The molecule has 0 spiro atoms. The smallest absolute Gasteiger partial charge is 0.335 e. The fourth-order valence-corrected chi connectivity index (χ4v) is 3.28. The molecule has 3 amide bonds. The molecule has 31 heavy (non-hydrogen) atoms. The number of hydrogen-bond donors (Lipinski definition) is 2. The molecule has 0 aliphatic carbocycles. The van der Waals surface area contributed by atoms with Crippen molar-refractivity contribution in [1.82, 2.24) is 10.2 Å². The minimum Gasteiger partial charge on any atom is -0.478 e. The number of carbonyl (C=O) groups is 3. The molecule has 156 valence electrons. The average molecular weight is 420 g/mol. The molecule has 0 unspecified atom stereocenters. The third-order valence-electron chi connectivity index (χ3n) is 4.87. The van der Waals surface area contributed by atoms with Crippen molar-refractivity contribution in [2.75, 3.05) is 0 Å². The maximum Gasteiger partial charge on any atom is 0.335 e. The maximum absolute atomic E-state index is 13.1. The largest absolute Gasteiger partial charge is 0.478 e. The molecule has 2 heterocycles. The zero-order chi connectivity index (χ0) is 22.1. The fraction of sp³-hybridized carbons (Fsp3) is 0.0870. The number of furan rings is 1. The van der Waals surface area contributed by atoms with Crippen LogP contribution in [0.4, 0.5) is 9.18 Å². The van der Waals surface area contributed by atoms with Crippen LogP contribution in [-0.2, 0) is 11.3 Å². The van der Waals surface area contributed by atoms with Gasteiger partial charge in [0.1, 0.15) is 23.0 Å². The Morgan fingerprint density at radius 3 is 2.55 bits per heavy atom. The quantitative estimate of drug-likeness (QED) is 0.476. The first-order valence-electron chi connectivity index (χ1n) is 9.35. The van der Waals surface area contributed by atoms with Crippen molar-refractivity contribution < 1.29 is 28.3 Å². The van der Waals surface area contributed by atoms with Gasteiger partial charge in [0.2, 0.25) is 0 Å². The van der Waals surface area contributed by atoms with Gasteiger partial charge in [0.05, 0.1) is 12.1 Å². The van der Waals surface area contributed by atoms with Crippen molar-refractivity contribution >= 4 is 24.0 Å². The number of amides is 3. The van der Waals surface area contributed by atoms with E-state index >= 15 is 0 Å². The average Bonchev–Trinajstić information content (AvgIpc) is 3.29. The van der Waals surface area contributed by atoms with Crippen molar-refractivity contribution in [3.05, 3.63) is 88.6 Å². The third kappa shape index (κ3) is 4.09. The summed E-state index contributed by atoms with van der Waals surface area (Å²) in [6.07, 6.45) is 1.43. The van der Waals surface area contributed by atoms with Crippen LogP contribution in [0.2, 0.25) is 0 Å². The van der Waals surface area contributed by atoms with Crippen LogP contribution in [-0.4, -0.2) is 27.9 Å². The van der Waals surface area contributed by atoms with E-state index in [0.29, 0.717) is 17.1 Å². The summed E-state index contributed by atoms with van der Waals surface area (Å²) in [5.74, 6) is -1.08. The van der Waals surface area contributed by atoms with Crippen LogP contribution in [0.5, 0.6) is 0 Å². The maximum atomic E-state index is 13.1. The zero-order valence-electron chi connectivity index (χ0n) is 16.4. The number of benzene rings is 2. The fourth-order valence-electron chi connectivity index (χ4n) is 3.28. The number of nitrogens with one attached hydrogen (secondary N) is 1. The molecule has 4 rings (SSSR count). The lowest BCUT2D eigenvalue weighted by Gasteiger charge is -2.11. The summed E-state index contributed by atoms with van der Waals surface area (Å²) in [5.41, 5.74) is 2.30. The summed E-state index contributed by atoms with van der Waals surface area (Å²) < 4.78 is 18.8. The highest BCUT2D eigenvalue weighted by molar-refractivity contribution is 6.13. The first-order valence-corrected chi connectivity index (χ1v) is 9.35. The van der Waals surface area contributed by atoms with E-state index in [0.717, 1.165) is 16.0 Å². The minimum absolute atomic E-state index is 0.0147. The number of carboxylic acids is 1. The summed E-state index contributed by atoms with van der Waals surface area (Å²) in [7, 11) is 0. The van der Waals surface area contributed by atoms with Gasteiger partial charge in [-0.25, -0.2) is 14.0 Å². The zero-order valence-corrected chi connectivity index (χ0v) is 16.4. The lowest BCUT2D eigenvalue weighted by molar-refractivity contribution is -0.123. The van der Waals surface area contributed by atoms with Crippen LogP contribution in [0.25, 0.3) is 17.4 Å². The molecular formula is C23H17FN2O5. The number of nitrogens with zero attached hydrogens (tertiary/aromatic N) is 1. The molecule has 0 bridgehead atoms. The molecule has 0 saturated carbocycles. The normalized spacial score (nSPS) is 14.9. The van der Waals surface area contributed by atoms with E-state index in [1.807, 2.05) is 0 Å². The van der Waals surface area contributed by atoms with Crippen molar-refractivity contribution in [3.63, 3.8) is 0 Å². The van der Waals surface area contributed by atoms with Crippen LogP contribution >= 0.6 is 0 Å². The molecular weight excluding hydrogens is 403 g/mol. The second-order valence-electron chi connectivity index (χ2n) is 7.04. The number of urea groups is 1. The number of aryl methyl sites for hydroxylation is 1. The molecule has 0 atom stereocenters. The Bertz CT molecular complexity index is 1230. The molecule has 1 saturated heterocycles. The van der Waals surface area contributed by atoms with E-state index in [1.54, 1.807) is 31.2 Å². The van der Waals surface area contributed by atoms with E-state index in [1.165, 1.54) is 36.4 Å².